The number of hydrogen-bond acceptors (Lipinski definition) is 2. The monoisotopic (exact) mass is 734 g/mol. The number of hydrogen-bond donors (Lipinski definition) is 0. The van der Waals surface area contributed by atoms with E-state index in [2.05, 4.69) is 170 Å². The smallest absolute Gasteiger partial charge is 0.146 e. The highest BCUT2D eigenvalue weighted by Gasteiger charge is 2.42. The van der Waals surface area contributed by atoms with Gasteiger partial charge in [-0.05, 0) is 93.0 Å². The lowest BCUT2D eigenvalue weighted by Gasteiger charge is -2.38. The van der Waals surface area contributed by atoms with Gasteiger partial charge in [-0.2, -0.15) is 0 Å². The van der Waals surface area contributed by atoms with E-state index >= 15 is 0 Å². The Morgan fingerprint density at radius 1 is 0.442 bits per heavy atom. The van der Waals surface area contributed by atoms with Crippen LogP contribution >= 0.6 is 0 Å². The zero-order chi connectivity index (χ0) is 38.7. The van der Waals surface area contributed by atoms with Gasteiger partial charge < -0.3 is 9.47 Å². The molecular formula is C48H70O2Si2. The van der Waals surface area contributed by atoms with Crippen LogP contribution in [0.2, 0.25) is 33.2 Å². The van der Waals surface area contributed by atoms with Gasteiger partial charge in [0.1, 0.15) is 27.6 Å². The molecule has 0 aliphatic carbocycles. The van der Waals surface area contributed by atoms with Crippen LogP contribution in [0.4, 0.5) is 0 Å². The summed E-state index contributed by atoms with van der Waals surface area (Å²) in [6.07, 6.45) is 2.02. The average molecular weight is 735 g/mol. The van der Waals surface area contributed by atoms with Gasteiger partial charge in [-0.25, -0.2) is 0 Å². The lowest BCUT2D eigenvalue weighted by atomic mass is 9.89. The maximum atomic E-state index is 6.70. The largest absolute Gasteiger partial charge is 0.493 e. The summed E-state index contributed by atoms with van der Waals surface area (Å²) in [5, 5.41) is 7.15. The molecule has 0 radical (unpaired) electrons. The van der Waals surface area contributed by atoms with Crippen LogP contribution < -0.4 is 9.47 Å². The molecule has 0 unspecified atom stereocenters. The Labute approximate surface area is 320 Å². The van der Waals surface area contributed by atoms with Crippen LogP contribution in [-0.2, 0) is 0 Å². The molecule has 52 heavy (non-hydrogen) atoms. The minimum atomic E-state index is -1.97. The molecule has 282 valence electrons. The molecule has 0 aliphatic heterocycles. The quantitative estimate of drug-likeness (QED) is 0.0729. The Bertz CT molecular complexity index is 1750. The third-order valence-electron chi connectivity index (χ3n) is 12.3. The van der Waals surface area contributed by atoms with Gasteiger partial charge in [0.25, 0.3) is 0 Å². The summed E-state index contributed by atoms with van der Waals surface area (Å²) in [6, 6.07) is 13.6. The Hall–Kier alpha value is -2.93. The summed E-state index contributed by atoms with van der Waals surface area (Å²) in [5.74, 6) is 10.7. The van der Waals surface area contributed by atoms with Gasteiger partial charge in [0, 0.05) is 32.7 Å². The van der Waals surface area contributed by atoms with Crippen molar-refractivity contribution in [2.45, 2.75) is 157 Å². The fraction of sp³-hybridized carbons (Fsp3) is 0.583. The summed E-state index contributed by atoms with van der Waals surface area (Å²) < 4.78 is 13.4. The summed E-state index contributed by atoms with van der Waals surface area (Å²) in [5.41, 5.74) is 13.6. The summed E-state index contributed by atoms with van der Waals surface area (Å²) in [4.78, 5) is 0. The Balaban J connectivity index is 2.16. The SMILES string of the molecule is CC(C)CCOc1cc(C#C[Si](C(C)C)(C(C)C)C(C)C)c2ccc3c(C#C[Si](C(C)C)(C(C)C)C(C)C)cc(OCCC(C)C)c4ccc1c2c34. The second kappa shape index (κ2) is 17.0. The molecule has 0 amide bonds. The highest BCUT2D eigenvalue weighted by molar-refractivity contribution is 6.91. The fourth-order valence-corrected chi connectivity index (χ4v) is 19.8. The van der Waals surface area contributed by atoms with Crippen LogP contribution in [-0.4, -0.2) is 29.4 Å². The van der Waals surface area contributed by atoms with E-state index in [-0.39, 0.29) is 0 Å². The first kappa shape index (κ1) is 41.8. The molecule has 0 saturated heterocycles. The normalized spacial score (nSPS) is 12.8. The van der Waals surface area contributed by atoms with Crippen molar-refractivity contribution in [2.75, 3.05) is 13.2 Å². The summed E-state index contributed by atoms with van der Waals surface area (Å²) in [7, 11) is -3.94. The molecule has 4 heteroatoms. The second-order valence-corrected chi connectivity index (χ2v) is 29.4. The minimum Gasteiger partial charge on any atom is -0.493 e. The molecule has 0 fully saturated rings. The molecule has 4 rings (SSSR count). The third kappa shape index (κ3) is 8.10. The van der Waals surface area contributed by atoms with Gasteiger partial charge in [0.15, 0.2) is 0 Å². The van der Waals surface area contributed by atoms with E-state index in [0.29, 0.717) is 58.3 Å². The van der Waals surface area contributed by atoms with E-state index < -0.39 is 16.1 Å². The summed E-state index contributed by atoms with van der Waals surface area (Å²) in [6.45, 7) is 39.1. The van der Waals surface area contributed by atoms with Crippen LogP contribution in [0.15, 0.2) is 36.4 Å². The van der Waals surface area contributed by atoms with Crippen LogP contribution in [0.25, 0.3) is 32.3 Å². The van der Waals surface area contributed by atoms with Gasteiger partial charge in [0.05, 0.1) is 13.2 Å². The third-order valence-corrected chi connectivity index (χ3v) is 24.9. The summed E-state index contributed by atoms with van der Waals surface area (Å²) >= 11 is 0. The van der Waals surface area contributed by atoms with Crippen LogP contribution in [0.1, 0.15) is 135 Å². The number of benzene rings is 4. The van der Waals surface area contributed by atoms with Crippen molar-refractivity contribution in [1.82, 2.24) is 0 Å². The van der Waals surface area contributed by atoms with E-state index in [0.717, 1.165) is 46.2 Å². The predicted molar refractivity (Wildman–Crippen MR) is 236 cm³/mol. The Morgan fingerprint density at radius 3 is 1.00 bits per heavy atom. The van der Waals surface area contributed by atoms with Crippen LogP contribution in [0, 0.1) is 34.8 Å². The van der Waals surface area contributed by atoms with Gasteiger partial charge in [-0.15, -0.1) is 11.1 Å². The van der Waals surface area contributed by atoms with E-state index in [1.54, 1.807) is 0 Å². The fourth-order valence-electron chi connectivity index (χ4n) is 9.40. The highest BCUT2D eigenvalue weighted by atomic mass is 28.3. The Morgan fingerprint density at radius 2 is 0.731 bits per heavy atom. The molecule has 0 spiro atoms. The van der Waals surface area contributed by atoms with Crippen molar-refractivity contribution in [3.8, 4) is 34.4 Å². The van der Waals surface area contributed by atoms with Crippen molar-refractivity contribution >= 4 is 48.5 Å². The van der Waals surface area contributed by atoms with Crippen LogP contribution in [0.5, 0.6) is 11.5 Å². The average Bonchev–Trinajstić information content (AvgIpc) is 3.04. The van der Waals surface area contributed by atoms with E-state index in [1.165, 1.54) is 21.5 Å². The zero-order valence-corrected chi connectivity index (χ0v) is 37.7. The second-order valence-electron chi connectivity index (χ2n) is 18.3. The van der Waals surface area contributed by atoms with Gasteiger partial charge in [0.2, 0.25) is 0 Å². The first-order chi connectivity index (χ1) is 24.4. The molecule has 0 saturated carbocycles. The molecule has 0 aliphatic rings. The minimum absolute atomic E-state index is 0.561. The van der Waals surface area contributed by atoms with Gasteiger partial charge in [-0.1, -0.05) is 135 Å². The Kier molecular flexibility index (Phi) is 13.7. The lowest BCUT2D eigenvalue weighted by Crippen LogP contribution is -2.43. The first-order valence-electron chi connectivity index (χ1n) is 20.5. The van der Waals surface area contributed by atoms with Crippen LogP contribution in [0.3, 0.4) is 0 Å². The molecule has 4 aromatic carbocycles. The molecule has 0 atom stereocenters. The van der Waals surface area contributed by atoms with Crippen molar-refractivity contribution in [3.63, 3.8) is 0 Å². The predicted octanol–water partition coefficient (Wildman–Crippen LogP) is 14.6. The lowest BCUT2D eigenvalue weighted by molar-refractivity contribution is 0.292. The topological polar surface area (TPSA) is 18.5 Å². The maximum absolute atomic E-state index is 6.70. The van der Waals surface area contributed by atoms with Gasteiger partial charge in [-0.3, -0.25) is 0 Å². The standard InChI is InChI=1S/C48H70O2Si2/c1-31(2)21-25-49-45-29-39(23-27-51(33(5)6,34(7)8)35(9)10)41-17-18-42-40(24-28-52(36(11)12,37(13)14)38(15)16)30-46(50-26-22-32(3)4)44-20-19-43(45)47(41)48(42)44/h17-20,29-38H,21-22,25-26H2,1-16H3. The molecule has 0 aromatic heterocycles. The van der Waals surface area contributed by atoms with E-state index in [9.17, 15) is 0 Å². The highest BCUT2D eigenvalue weighted by Crippen LogP contribution is 2.46. The van der Waals surface area contributed by atoms with Crippen molar-refractivity contribution in [2.24, 2.45) is 11.8 Å². The van der Waals surface area contributed by atoms with Crippen molar-refractivity contribution < 1.29 is 9.47 Å². The molecule has 0 heterocycles. The molecule has 2 nitrogen and oxygen atoms in total. The van der Waals surface area contributed by atoms with Gasteiger partial charge >= 0.3 is 0 Å². The number of rotatable bonds is 14. The van der Waals surface area contributed by atoms with E-state index in [1.807, 2.05) is 0 Å². The molecule has 0 N–H and O–H groups in total. The zero-order valence-electron chi connectivity index (χ0n) is 35.7. The van der Waals surface area contributed by atoms with E-state index in [4.69, 9.17) is 9.47 Å². The molecule has 0 bridgehead atoms. The number of ether oxygens (including phenoxy) is 2. The maximum Gasteiger partial charge on any atom is 0.146 e. The molecule has 4 aromatic rings. The first-order valence-corrected chi connectivity index (χ1v) is 25.0. The van der Waals surface area contributed by atoms with Crippen molar-refractivity contribution in [3.05, 3.63) is 47.5 Å². The van der Waals surface area contributed by atoms with Crippen molar-refractivity contribution in [1.29, 1.82) is 0 Å². The molecular weight excluding hydrogens is 665 g/mol.